The minimum atomic E-state index is -4.20. The largest absolute Gasteiger partial charge is 0.285 e. The van der Waals surface area contributed by atoms with Gasteiger partial charge in [0.05, 0.1) is 6.67 Å². The number of hydrogen-bond acceptors (Lipinski definition) is 2. The van der Waals surface area contributed by atoms with Gasteiger partial charge in [0.2, 0.25) is 0 Å². The van der Waals surface area contributed by atoms with Crippen LogP contribution in [0.4, 0.5) is 8.78 Å². The van der Waals surface area contributed by atoms with Gasteiger partial charge in [0, 0.05) is 0 Å². The van der Waals surface area contributed by atoms with Gasteiger partial charge in [-0.05, 0) is 12.8 Å². The zero-order chi connectivity index (χ0) is 11.7. The Bertz CT molecular complexity index is 242. The molecule has 0 aromatic rings. The van der Waals surface area contributed by atoms with E-state index >= 15 is 0 Å². The molecule has 0 aliphatic heterocycles. The van der Waals surface area contributed by atoms with Gasteiger partial charge < -0.3 is 0 Å². The average Bonchev–Trinajstić information content (AvgIpc) is 2.08. The smallest absolute Gasteiger partial charge is 0.267 e. The lowest BCUT2D eigenvalue weighted by atomic mass is 10.1. The highest BCUT2D eigenvalue weighted by Gasteiger charge is 2.14. The molecule has 3 nitrogen and oxygen atoms in total. The lowest BCUT2D eigenvalue weighted by Crippen LogP contribution is -2.16. The van der Waals surface area contributed by atoms with E-state index in [0.29, 0.717) is 12.8 Å². The second kappa shape index (κ2) is 7.98. The van der Waals surface area contributed by atoms with Crippen molar-refractivity contribution in [1.82, 2.24) is 0 Å². The summed E-state index contributed by atoms with van der Waals surface area (Å²) in [6.07, 6.45) is 2.13. The third kappa shape index (κ3) is 11.7. The first-order valence-electron chi connectivity index (χ1n) is 5.11. The van der Waals surface area contributed by atoms with Gasteiger partial charge in [-0.15, -0.1) is 0 Å². The molecule has 0 saturated carbocycles. The average molecular weight is 244 g/mol. The number of hydrogen-bond donors (Lipinski definition) is 1. The van der Waals surface area contributed by atoms with Gasteiger partial charge in [-0.1, -0.05) is 25.7 Å². The molecule has 0 spiro atoms. The van der Waals surface area contributed by atoms with Crippen LogP contribution < -0.4 is 0 Å². The zero-order valence-corrected chi connectivity index (χ0v) is 9.48. The molecular weight excluding hydrogens is 226 g/mol. The fraction of sp³-hybridized carbons (Fsp3) is 1.00. The molecule has 0 aromatic carbocycles. The lowest BCUT2D eigenvalue weighted by molar-refractivity contribution is 0.323. The topological polar surface area (TPSA) is 54.4 Å². The van der Waals surface area contributed by atoms with E-state index in [-0.39, 0.29) is 13.1 Å². The SMILES string of the molecule is O=S(=O)(O)CC(F)CCCCCCCF. The molecule has 0 aliphatic rings. The summed E-state index contributed by atoms with van der Waals surface area (Å²) in [6.45, 7) is -0.325. The molecule has 0 amide bonds. The van der Waals surface area contributed by atoms with E-state index < -0.39 is 22.0 Å². The van der Waals surface area contributed by atoms with Gasteiger partial charge in [0.25, 0.3) is 10.1 Å². The summed E-state index contributed by atoms with van der Waals surface area (Å²) in [6, 6.07) is 0. The van der Waals surface area contributed by atoms with Crippen LogP contribution in [0.5, 0.6) is 0 Å². The van der Waals surface area contributed by atoms with Gasteiger partial charge in [-0.3, -0.25) is 8.94 Å². The molecule has 6 heteroatoms. The van der Waals surface area contributed by atoms with Crippen LogP contribution in [0.25, 0.3) is 0 Å². The third-order valence-electron chi connectivity index (χ3n) is 2.04. The molecule has 92 valence electrons. The monoisotopic (exact) mass is 244 g/mol. The summed E-state index contributed by atoms with van der Waals surface area (Å²) in [7, 11) is -4.20. The van der Waals surface area contributed by atoms with Crippen LogP contribution in [0.15, 0.2) is 0 Å². The van der Waals surface area contributed by atoms with Gasteiger partial charge in [-0.2, -0.15) is 8.42 Å². The van der Waals surface area contributed by atoms with E-state index in [1.807, 2.05) is 0 Å². The predicted octanol–water partition coefficient (Wildman–Crippen LogP) is 2.52. The zero-order valence-electron chi connectivity index (χ0n) is 8.66. The Morgan fingerprint density at radius 2 is 1.60 bits per heavy atom. The van der Waals surface area contributed by atoms with E-state index in [1.54, 1.807) is 0 Å². The quantitative estimate of drug-likeness (QED) is 0.501. The fourth-order valence-corrected chi connectivity index (χ4v) is 1.93. The Kier molecular flexibility index (Phi) is 7.86. The molecule has 0 aliphatic carbocycles. The Morgan fingerprint density at radius 3 is 2.13 bits per heavy atom. The van der Waals surface area contributed by atoms with Gasteiger partial charge in [0.1, 0.15) is 11.9 Å². The van der Waals surface area contributed by atoms with Crippen molar-refractivity contribution >= 4 is 10.1 Å². The summed E-state index contributed by atoms with van der Waals surface area (Å²) in [5.74, 6) is -0.822. The van der Waals surface area contributed by atoms with Crippen molar-refractivity contribution in [3.05, 3.63) is 0 Å². The molecule has 1 N–H and O–H groups in total. The molecule has 0 bridgehead atoms. The van der Waals surface area contributed by atoms with E-state index in [2.05, 4.69) is 0 Å². The van der Waals surface area contributed by atoms with Crippen molar-refractivity contribution in [1.29, 1.82) is 0 Å². The first-order valence-corrected chi connectivity index (χ1v) is 6.72. The minimum Gasteiger partial charge on any atom is -0.285 e. The molecule has 0 saturated heterocycles. The molecule has 15 heavy (non-hydrogen) atoms. The van der Waals surface area contributed by atoms with Crippen LogP contribution in [0.3, 0.4) is 0 Å². The van der Waals surface area contributed by atoms with Crippen LogP contribution in [0, 0.1) is 0 Å². The maximum absolute atomic E-state index is 12.9. The van der Waals surface area contributed by atoms with Gasteiger partial charge in [-0.25, -0.2) is 4.39 Å². The molecule has 1 atom stereocenters. The van der Waals surface area contributed by atoms with Crippen molar-refractivity contribution in [3.8, 4) is 0 Å². The van der Waals surface area contributed by atoms with Crippen molar-refractivity contribution in [2.24, 2.45) is 0 Å². The molecule has 0 radical (unpaired) electrons. The Labute approximate surface area is 89.6 Å². The highest BCUT2D eigenvalue weighted by atomic mass is 32.2. The highest BCUT2D eigenvalue weighted by molar-refractivity contribution is 7.85. The molecule has 0 heterocycles. The molecule has 0 aromatic heterocycles. The normalized spacial score (nSPS) is 14.1. The van der Waals surface area contributed by atoms with Crippen molar-refractivity contribution in [2.75, 3.05) is 12.4 Å². The van der Waals surface area contributed by atoms with E-state index in [9.17, 15) is 17.2 Å². The second-order valence-corrected chi connectivity index (χ2v) is 5.09. The Balaban J connectivity index is 3.36. The molecular formula is C9H18F2O3S. The van der Waals surface area contributed by atoms with Crippen LogP contribution in [0.1, 0.15) is 38.5 Å². The second-order valence-electron chi connectivity index (χ2n) is 3.59. The lowest BCUT2D eigenvalue weighted by Gasteiger charge is -2.05. The summed E-state index contributed by atoms with van der Waals surface area (Å²) in [4.78, 5) is 0. The van der Waals surface area contributed by atoms with Crippen LogP contribution in [0.2, 0.25) is 0 Å². The highest BCUT2D eigenvalue weighted by Crippen LogP contribution is 2.10. The maximum atomic E-state index is 12.9. The Morgan fingerprint density at radius 1 is 1.07 bits per heavy atom. The predicted molar refractivity (Wildman–Crippen MR) is 55.0 cm³/mol. The summed E-state index contributed by atoms with van der Waals surface area (Å²) < 4.78 is 53.5. The van der Waals surface area contributed by atoms with Crippen molar-refractivity contribution in [2.45, 2.75) is 44.7 Å². The number of unbranched alkanes of at least 4 members (excludes halogenated alkanes) is 4. The van der Waals surface area contributed by atoms with Crippen molar-refractivity contribution < 1.29 is 21.8 Å². The van der Waals surface area contributed by atoms with Crippen LogP contribution >= 0.6 is 0 Å². The summed E-state index contributed by atoms with van der Waals surface area (Å²) in [5.41, 5.74) is 0. The Hall–Kier alpha value is -0.230. The van der Waals surface area contributed by atoms with E-state index in [4.69, 9.17) is 4.55 Å². The summed E-state index contributed by atoms with van der Waals surface area (Å²) >= 11 is 0. The first kappa shape index (κ1) is 14.8. The van der Waals surface area contributed by atoms with Crippen LogP contribution in [-0.2, 0) is 10.1 Å². The van der Waals surface area contributed by atoms with Crippen LogP contribution in [-0.4, -0.2) is 31.6 Å². The van der Waals surface area contributed by atoms with E-state index in [0.717, 1.165) is 19.3 Å². The van der Waals surface area contributed by atoms with Gasteiger partial charge >= 0.3 is 0 Å². The number of halogens is 2. The third-order valence-corrected chi connectivity index (χ3v) is 2.83. The number of alkyl halides is 2. The number of rotatable bonds is 9. The molecule has 1 unspecified atom stereocenters. The van der Waals surface area contributed by atoms with E-state index in [1.165, 1.54) is 0 Å². The van der Waals surface area contributed by atoms with Crippen molar-refractivity contribution in [3.63, 3.8) is 0 Å². The maximum Gasteiger partial charge on any atom is 0.267 e. The molecule has 0 fully saturated rings. The standard InChI is InChI=1S/C9H18F2O3S/c10-7-5-3-1-2-4-6-9(11)8-15(12,13)14/h9H,1-8H2,(H,12,13,14). The fourth-order valence-electron chi connectivity index (χ4n) is 1.30. The molecule has 0 rings (SSSR count). The first-order chi connectivity index (χ1) is 6.95. The van der Waals surface area contributed by atoms with Gasteiger partial charge in [0.15, 0.2) is 0 Å². The minimum absolute atomic E-state index is 0.134. The summed E-state index contributed by atoms with van der Waals surface area (Å²) in [5, 5.41) is 0.